The minimum absolute atomic E-state index is 0.275. The van der Waals surface area contributed by atoms with E-state index in [1.165, 1.54) is 6.07 Å². The fourth-order valence-electron chi connectivity index (χ4n) is 1.91. The van der Waals surface area contributed by atoms with Gasteiger partial charge in [-0.3, -0.25) is 0 Å². The van der Waals surface area contributed by atoms with Gasteiger partial charge in [0.15, 0.2) is 0 Å². The van der Waals surface area contributed by atoms with Gasteiger partial charge < -0.3 is 10.6 Å². The first kappa shape index (κ1) is 15.7. The Hall–Kier alpha value is -1.69. The van der Waals surface area contributed by atoms with Crippen LogP contribution in [0.15, 0.2) is 22.7 Å². The number of halogens is 2. The molecule has 0 atom stereocenters. The number of nitrogens with zero attached hydrogens (tertiary/aromatic N) is 2. The molecule has 1 aromatic carbocycles. The Balaban J connectivity index is 2.34. The number of hydrogen-bond donors (Lipinski definition) is 2. The third-order valence-corrected chi connectivity index (χ3v) is 3.58. The zero-order valence-corrected chi connectivity index (χ0v) is 13.9. The lowest BCUT2D eigenvalue weighted by atomic mass is 10.2. The van der Waals surface area contributed by atoms with Crippen molar-refractivity contribution >= 4 is 33.3 Å². The van der Waals surface area contributed by atoms with Crippen molar-refractivity contribution in [2.24, 2.45) is 0 Å². The van der Waals surface area contributed by atoms with Gasteiger partial charge in [-0.25, -0.2) is 14.4 Å². The molecule has 0 aliphatic carbocycles. The van der Waals surface area contributed by atoms with Crippen molar-refractivity contribution in [2.45, 2.75) is 27.2 Å². The Morgan fingerprint density at radius 1 is 1.14 bits per heavy atom. The summed E-state index contributed by atoms with van der Waals surface area (Å²) in [5.41, 5.74) is 1.63. The van der Waals surface area contributed by atoms with Crippen LogP contribution >= 0.6 is 15.9 Å². The monoisotopic (exact) mass is 352 g/mol. The maximum absolute atomic E-state index is 13.5. The highest BCUT2D eigenvalue weighted by Gasteiger charge is 2.08. The molecule has 2 N–H and O–H groups in total. The van der Waals surface area contributed by atoms with Crippen molar-refractivity contribution in [3.8, 4) is 0 Å². The summed E-state index contributed by atoms with van der Waals surface area (Å²) in [6.07, 6.45) is 0.750. The lowest BCUT2D eigenvalue weighted by Gasteiger charge is -2.12. The molecule has 0 radical (unpaired) electrons. The first-order valence-corrected chi connectivity index (χ1v) is 7.67. The average molecular weight is 353 g/mol. The summed E-state index contributed by atoms with van der Waals surface area (Å²) in [7, 11) is 0. The van der Waals surface area contributed by atoms with Crippen LogP contribution in [0.25, 0.3) is 0 Å². The molecule has 0 aliphatic rings. The summed E-state index contributed by atoms with van der Waals surface area (Å²) in [5.74, 6) is 1.96. The van der Waals surface area contributed by atoms with Gasteiger partial charge in [-0.1, -0.05) is 6.92 Å². The molecular weight excluding hydrogens is 335 g/mol. The van der Waals surface area contributed by atoms with Gasteiger partial charge in [-0.05, 0) is 47.5 Å². The molecule has 2 rings (SSSR count). The van der Waals surface area contributed by atoms with Gasteiger partial charge in [0.2, 0.25) is 0 Å². The molecule has 1 heterocycles. The highest BCUT2D eigenvalue weighted by atomic mass is 79.9. The fraction of sp³-hybridized carbons (Fsp3) is 0.333. The summed E-state index contributed by atoms with van der Waals surface area (Å²) >= 11 is 3.20. The lowest BCUT2D eigenvalue weighted by Crippen LogP contribution is -2.06. The number of benzene rings is 1. The second kappa shape index (κ2) is 6.85. The minimum atomic E-state index is -0.275. The normalized spacial score (nSPS) is 10.5. The maximum Gasteiger partial charge on any atom is 0.137 e. The van der Waals surface area contributed by atoms with Gasteiger partial charge in [0.1, 0.15) is 23.3 Å². The standard InChI is InChI=1S/C15H18BrFN4/c1-4-13-20-14(18-5-2)8-15(21-13)19-12-7-10(16)11(17)6-9(12)3/h6-8H,4-5H2,1-3H3,(H2,18,19,20,21). The second-order valence-electron chi connectivity index (χ2n) is 4.64. The quantitative estimate of drug-likeness (QED) is 0.835. The van der Waals surface area contributed by atoms with E-state index in [1.807, 2.05) is 26.8 Å². The minimum Gasteiger partial charge on any atom is -0.370 e. The third kappa shape index (κ3) is 3.91. The van der Waals surface area contributed by atoms with E-state index in [2.05, 4.69) is 36.5 Å². The Kier molecular flexibility index (Phi) is 5.12. The maximum atomic E-state index is 13.5. The van der Waals surface area contributed by atoms with E-state index in [0.29, 0.717) is 10.3 Å². The molecule has 0 amide bonds. The van der Waals surface area contributed by atoms with E-state index in [1.54, 1.807) is 6.07 Å². The van der Waals surface area contributed by atoms with Crippen LogP contribution in [0.4, 0.5) is 21.7 Å². The number of nitrogens with one attached hydrogen (secondary N) is 2. The molecule has 2 aromatic rings. The van der Waals surface area contributed by atoms with Crippen LogP contribution in [0, 0.1) is 12.7 Å². The Bertz CT molecular complexity index is 646. The van der Waals surface area contributed by atoms with Crippen LogP contribution in [0.2, 0.25) is 0 Å². The molecule has 0 unspecified atom stereocenters. The molecule has 0 fully saturated rings. The summed E-state index contributed by atoms with van der Waals surface area (Å²) in [4.78, 5) is 8.86. The highest BCUT2D eigenvalue weighted by molar-refractivity contribution is 9.10. The van der Waals surface area contributed by atoms with Crippen molar-refractivity contribution in [2.75, 3.05) is 17.2 Å². The Labute approximate surface area is 132 Å². The second-order valence-corrected chi connectivity index (χ2v) is 5.50. The lowest BCUT2D eigenvalue weighted by molar-refractivity contribution is 0.620. The van der Waals surface area contributed by atoms with Crippen LogP contribution in [0.3, 0.4) is 0 Å². The largest absolute Gasteiger partial charge is 0.370 e. The Morgan fingerprint density at radius 3 is 2.52 bits per heavy atom. The zero-order chi connectivity index (χ0) is 15.4. The van der Waals surface area contributed by atoms with E-state index in [-0.39, 0.29) is 5.82 Å². The molecule has 0 aliphatic heterocycles. The predicted octanol–water partition coefficient (Wildman–Crippen LogP) is 4.42. The fourth-order valence-corrected chi connectivity index (χ4v) is 2.25. The zero-order valence-electron chi connectivity index (χ0n) is 12.3. The van der Waals surface area contributed by atoms with E-state index < -0.39 is 0 Å². The molecular formula is C15H18BrFN4. The molecule has 1 aromatic heterocycles. The first-order valence-electron chi connectivity index (χ1n) is 6.88. The summed E-state index contributed by atoms with van der Waals surface area (Å²) < 4.78 is 13.9. The van der Waals surface area contributed by atoms with Crippen molar-refractivity contribution in [3.63, 3.8) is 0 Å². The van der Waals surface area contributed by atoms with Gasteiger partial charge >= 0.3 is 0 Å². The molecule has 0 bridgehead atoms. The number of rotatable bonds is 5. The van der Waals surface area contributed by atoms with Crippen molar-refractivity contribution in [1.82, 2.24) is 9.97 Å². The van der Waals surface area contributed by atoms with Crippen molar-refractivity contribution in [1.29, 1.82) is 0 Å². The number of aromatic nitrogens is 2. The topological polar surface area (TPSA) is 49.8 Å². The third-order valence-electron chi connectivity index (χ3n) is 2.98. The predicted molar refractivity (Wildman–Crippen MR) is 87.7 cm³/mol. The molecule has 0 spiro atoms. The van der Waals surface area contributed by atoms with E-state index >= 15 is 0 Å². The summed E-state index contributed by atoms with van der Waals surface area (Å²) in [5, 5.41) is 6.41. The van der Waals surface area contributed by atoms with Gasteiger partial charge in [-0.2, -0.15) is 0 Å². The Morgan fingerprint density at radius 2 is 1.86 bits per heavy atom. The van der Waals surface area contributed by atoms with Crippen molar-refractivity contribution in [3.05, 3.63) is 39.9 Å². The van der Waals surface area contributed by atoms with Crippen LogP contribution in [-0.2, 0) is 6.42 Å². The molecule has 21 heavy (non-hydrogen) atoms. The number of aryl methyl sites for hydroxylation is 2. The molecule has 6 heteroatoms. The summed E-state index contributed by atoms with van der Waals surface area (Å²) in [6.45, 7) is 6.67. The highest BCUT2D eigenvalue weighted by Crippen LogP contribution is 2.27. The van der Waals surface area contributed by atoms with Crippen molar-refractivity contribution < 1.29 is 4.39 Å². The van der Waals surface area contributed by atoms with Gasteiger partial charge in [0, 0.05) is 24.7 Å². The van der Waals surface area contributed by atoms with E-state index in [4.69, 9.17) is 0 Å². The molecule has 112 valence electrons. The summed E-state index contributed by atoms with van der Waals surface area (Å²) in [6, 6.07) is 5.05. The number of hydrogen-bond acceptors (Lipinski definition) is 4. The van der Waals surface area contributed by atoms with Crippen LogP contribution in [-0.4, -0.2) is 16.5 Å². The van der Waals surface area contributed by atoms with Gasteiger partial charge in [0.05, 0.1) is 4.47 Å². The number of anilines is 3. The smallest absolute Gasteiger partial charge is 0.137 e. The first-order chi connectivity index (χ1) is 10.0. The molecule has 0 saturated carbocycles. The van der Waals surface area contributed by atoms with Crippen LogP contribution < -0.4 is 10.6 Å². The molecule has 4 nitrogen and oxygen atoms in total. The van der Waals surface area contributed by atoms with E-state index in [0.717, 1.165) is 35.9 Å². The van der Waals surface area contributed by atoms with Crippen LogP contribution in [0.1, 0.15) is 25.2 Å². The van der Waals surface area contributed by atoms with Gasteiger partial charge in [-0.15, -0.1) is 0 Å². The SMILES string of the molecule is CCNc1cc(Nc2cc(Br)c(F)cc2C)nc(CC)n1. The average Bonchev–Trinajstić information content (AvgIpc) is 2.45. The molecule has 0 saturated heterocycles. The van der Waals surface area contributed by atoms with Crippen LogP contribution in [0.5, 0.6) is 0 Å². The van der Waals surface area contributed by atoms with E-state index in [9.17, 15) is 4.39 Å². The van der Waals surface area contributed by atoms with Gasteiger partial charge in [0.25, 0.3) is 0 Å².